The van der Waals surface area contributed by atoms with Crippen LogP contribution in [-0.2, 0) is 0 Å². The van der Waals surface area contributed by atoms with E-state index in [9.17, 15) is 19.6 Å². The maximum absolute atomic E-state index is 13.4. The molecule has 1 heterocycles. The zero-order valence-corrected chi connectivity index (χ0v) is 10.7. The average Bonchev–Trinajstić information content (AvgIpc) is 2.76. The van der Waals surface area contributed by atoms with Gasteiger partial charge in [0.25, 0.3) is 5.06 Å². The second kappa shape index (κ2) is 5.33. The number of ether oxygens (including phenoxy) is 1. The van der Waals surface area contributed by atoms with E-state index >= 15 is 0 Å². The van der Waals surface area contributed by atoms with E-state index in [0.29, 0.717) is 4.88 Å². The summed E-state index contributed by atoms with van der Waals surface area (Å²) in [5.74, 6) is -0.701. The molecule has 2 aromatic rings. The molecule has 0 saturated heterocycles. The van der Waals surface area contributed by atoms with Gasteiger partial charge in [0, 0.05) is 10.9 Å². The van der Waals surface area contributed by atoms with E-state index in [1.54, 1.807) is 6.07 Å². The molecule has 2 rings (SSSR count). The number of aliphatic hydroxyl groups excluding tert-OH is 1. The minimum Gasteiger partial charge on any atom is -0.437 e. The Balaban J connectivity index is 2.39. The molecule has 1 unspecified atom stereocenters. The highest BCUT2D eigenvalue weighted by atomic mass is 32.1. The second-order valence-corrected chi connectivity index (χ2v) is 4.83. The summed E-state index contributed by atoms with van der Waals surface area (Å²) in [6.45, 7) is 1.49. The van der Waals surface area contributed by atoms with Crippen LogP contribution >= 0.6 is 11.3 Å². The van der Waals surface area contributed by atoms with Crippen molar-refractivity contribution < 1.29 is 19.2 Å². The van der Waals surface area contributed by atoms with Gasteiger partial charge in [-0.3, -0.25) is 10.1 Å². The van der Waals surface area contributed by atoms with E-state index in [1.807, 2.05) is 0 Å². The second-order valence-electron chi connectivity index (χ2n) is 3.79. The first kappa shape index (κ1) is 13.4. The first-order valence-electron chi connectivity index (χ1n) is 5.37. The Bertz CT molecular complexity index is 612. The summed E-state index contributed by atoms with van der Waals surface area (Å²) in [4.78, 5) is 10.7. The minimum absolute atomic E-state index is 0.0500. The van der Waals surface area contributed by atoms with E-state index in [-0.39, 0.29) is 16.5 Å². The molecule has 1 aromatic heterocycles. The van der Waals surface area contributed by atoms with Crippen LogP contribution in [0, 0.1) is 15.9 Å². The molecule has 7 heteroatoms. The van der Waals surface area contributed by atoms with Crippen molar-refractivity contribution in [3.8, 4) is 10.8 Å². The van der Waals surface area contributed by atoms with Crippen molar-refractivity contribution in [2.24, 2.45) is 0 Å². The number of nitro groups is 1. The number of halogens is 1. The Morgan fingerprint density at radius 1 is 1.47 bits per heavy atom. The topological polar surface area (TPSA) is 72.6 Å². The first-order chi connectivity index (χ1) is 8.99. The van der Waals surface area contributed by atoms with Gasteiger partial charge in [0.05, 0.1) is 11.0 Å². The van der Waals surface area contributed by atoms with Gasteiger partial charge >= 0.3 is 5.69 Å². The molecule has 0 spiro atoms. The van der Waals surface area contributed by atoms with Crippen molar-refractivity contribution in [2.45, 2.75) is 13.0 Å². The van der Waals surface area contributed by atoms with E-state index in [4.69, 9.17) is 4.74 Å². The minimum atomic E-state index is -0.846. The summed E-state index contributed by atoms with van der Waals surface area (Å²) in [5.41, 5.74) is -0.288. The summed E-state index contributed by atoms with van der Waals surface area (Å²) in [7, 11) is 0. The lowest BCUT2D eigenvalue weighted by molar-refractivity contribution is -0.385. The largest absolute Gasteiger partial charge is 0.437 e. The SMILES string of the molecule is CC(O)c1cc([N+](=O)[O-])c(Oc2ccccc2F)s1. The molecule has 1 aromatic carbocycles. The number of nitrogens with zero attached hydrogens (tertiary/aromatic N) is 1. The van der Waals surface area contributed by atoms with Gasteiger partial charge in [0.15, 0.2) is 11.6 Å². The predicted molar refractivity (Wildman–Crippen MR) is 68.1 cm³/mol. The average molecular weight is 283 g/mol. The summed E-state index contributed by atoms with van der Waals surface area (Å²) >= 11 is 0.919. The third kappa shape index (κ3) is 2.88. The summed E-state index contributed by atoms with van der Waals surface area (Å²) in [6, 6.07) is 6.86. The van der Waals surface area contributed by atoms with Crippen LogP contribution in [0.25, 0.3) is 0 Å². The third-order valence-corrected chi connectivity index (χ3v) is 3.52. The predicted octanol–water partition coefficient (Wildman–Crippen LogP) is 3.64. The normalized spacial score (nSPS) is 12.2. The van der Waals surface area contributed by atoms with Crippen molar-refractivity contribution in [3.63, 3.8) is 0 Å². The van der Waals surface area contributed by atoms with Gasteiger partial charge in [0.1, 0.15) is 0 Å². The Labute approximate surface area is 112 Å². The van der Waals surface area contributed by atoms with Gasteiger partial charge in [-0.15, -0.1) is 0 Å². The number of hydrogen-bond donors (Lipinski definition) is 1. The fourth-order valence-corrected chi connectivity index (χ4v) is 2.34. The van der Waals surface area contributed by atoms with Crippen molar-refractivity contribution in [1.82, 2.24) is 0 Å². The number of aliphatic hydroxyl groups is 1. The fraction of sp³-hybridized carbons (Fsp3) is 0.167. The van der Waals surface area contributed by atoms with E-state index in [2.05, 4.69) is 0 Å². The van der Waals surface area contributed by atoms with Crippen LogP contribution < -0.4 is 4.74 Å². The summed E-state index contributed by atoms with van der Waals surface area (Å²) in [6.07, 6.45) is -0.846. The number of rotatable bonds is 4. The monoisotopic (exact) mass is 283 g/mol. The Kier molecular flexibility index (Phi) is 3.77. The number of hydrogen-bond acceptors (Lipinski definition) is 5. The first-order valence-corrected chi connectivity index (χ1v) is 6.19. The third-order valence-electron chi connectivity index (χ3n) is 2.35. The zero-order chi connectivity index (χ0) is 14.0. The highest BCUT2D eigenvalue weighted by Crippen LogP contribution is 2.42. The van der Waals surface area contributed by atoms with Crippen LogP contribution in [-0.4, -0.2) is 10.0 Å². The van der Waals surface area contributed by atoms with Crippen LogP contribution in [0.3, 0.4) is 0 Å². The lowest BCUT2D eigenvalue weighted by atomic mass is 10.3. The van der Waals surface area contributed by atoms with Crippen LogP contribution in [0.15, 0.2) is 30.3 Å². The van der Waals surface area contributed by atoms with Crippen LogP contribution in [0.4, 0.5) is 10.1 Å². The molecule has 0 bridgehead atoms. The Hall–Kier alpha value is -1.99. The maximum Gasteiger partial charge on any atom is 0.323 e. The molecule has 0 amide bonds. The number of para-hydroxylation sites is 1. The molecular formula is C12H10FNO4S. The Morgan fingerprint density at radius 2 is 2.16 bits per heavy atom. The molecule has 0 aliphatic carbocycles. The van der Waals surface area contributed by atoms with E-state index < -0.39 is 16.8 Å². The molecular weight excluding hydrogens is 273 g/mol. The molecule has 0 radical (unpaired) electrons. The standard InChI is InChI=1S/C12H10FNO4S/c1-7(15)11-6-9(14(16)17)12(19-11)18-10-5-3-2-4-8(10)13/h2-7,15H,1H3. The molecule has 0 aliphatic rings. The Morgan fingerprint density at radius 3 is 2.74 bits per heavy atom. The zero-order valence-electron chi connectivity index (χ0n) is 9.87. The lowest BCUT2D eigenvalue weighted by Crippen LogP contribution is -1.91. The smallest absolute Gasteiger partial charge is 0.323 e. The maximum atomic E-state index is 13.4. The van der Waals surface area contributed by atoms with Gasteiger partial charge in [-0.2, -0.15) is 0 Å². The quantitative estimate of drug-likeness (QED) is 0.686. The van der Waals surface area contributed by atoms with Gasteiger partial charge in [-0.25, -0.2) is 4.39 Å². The molecule has 0 aliphatic heterocycles. The van der Waals surface area contributed by atoms with Crippen LogP contribution in [0.5, 0.6) is 10.8 Å². The number of benzene rings is 1. The number of thiophene rings is 1. The molecule has 0 saturated carbocycles. The lowest BCUT2D eigenvalue weighted by Gasteiger charge is -2.03. The fourth-order valence-electron chi connectivity index (χ4n) is 1.42. The van der Waals surface area contributed by atoms with Crippen LogP contribution in [0.1, 0.15) is 17.9 Å². The molecule has 5 nitrogen and oxygen atoms in total. The summed E-state index contributed by atoms with van der Waals surface area (Å²) in [5, 5.41) is 20.3. The molecule has 1 atom stereocenters. The highest BCUT2D eigenvalue weighted by Gasteiger charge is 2.23. The van der Waals surface area contributed by atoms with Crippen molar-refractivity contribution in [1.29, 1.82) is 0 Å². The molecule has 1 N–H and O–H groups in total. The molecule has 0 fully saturated rings. The van der Waals surface area contributed by atoms with Crippen molar-refractivity contribution in [3.05, 3.63) is 51.1 Å². The molecule has 19 heavy (non-hydrogen) atoms. The van der Waals surface area contributed by atoms with Gasteiger partial charge in [-0.1, -0.05) is 23.5 Å². The van der Waals surface area contributed by atoms with E-state index in [0.717, 1.165) is 11.3 Å². The highest BCUT2D eigenvalue weighted by molar-refractivity contribution is 7.14. The van der Waals surface area contributed by atoms with Crippen molar-refractivity contribution >= 4 is 17.0 Å². The van der Waals surface area contributed by atoms with Crippen molar-refractivity contribution in [2.75, 3.05) is 0 Å². The summed E-state index contributed by atoms with van der Waals surface area (Å²) < 4.78 is 18.7. The van der Waals surface area contributed by atoms with Gasteiger partial charge < -0.3 is 9.84 Å². The van der Waals surface area contributed by atoms with Crippen LogP contribution in [0.2, 0.25) is 0 Å². The van der Waals surface area contributed by atoms with Gasteiger partial charge in [-0.05, 0) is 19.1 Å². The van der Waals surface area contributed by atoms with Gasteiger partial charge in [0.2, 0.25) is 0 Å². The molecule has 100 valence electrons. The van der Waals surface area contributed by atoms with E-state index in [1.165, 1.54) is 31.2 Å².